The average Bonchev–Trinajstić information content (AvgIpc) is 2.49. The minimum atomic E-state index is -1.14. The maximum atomic E-state index is 13.7. The molecule has 5 nitrogen and oxygen atoms in total. The normalized spacial score (nSPS) is 10.9. The highest BCUT2D eigenvalue weighted by molar-refractivity contribution is 5.92. The molecule has 0 radical (unpaired) electrons. The van der Waals surface area contributed by atoms with E-state index in [1.54, 1.807) is 0 Å². The molecule has 0 aliphatic rings. The van der Waals surface area contributed by atoms with E-state index in [1.807, 2.05) is 0 Å². The average molecular weight is 316 g/mol. The van der Waals surface area contributed by atoms with Crippen LogP contribution in [0.15, 0.2) is 41.2 Å². The lowest BCUT2D eigenvalue weighted by Gasteiger charge is -2.05. The fraction of sp³-hybridized carbons (Fsp3) is 0.0625. The van der Waals surface area contributed by atoms with E-state index in [0.717, 1.165) is 12.1 Å². The highest BCUT2D eigenvalue weighted by Crippen LogP contribution is 2.15. The number of nitrogens with zero attached hydrogens (tertiary/aromatic N) is 1. The van der Waals surface area contributed by atoms with Crippen molar-refractivity contribution in [3.63, 3.8) is 0 Å². The molecule has 3 rings (SSSR count). The predicted molar refractivity (Wildman–Crippen MR) is 78.5 cm³/mol. The van der Waals surface area contributed by atoms with Gasteiger partial charge in [-0.25, -0.2) is 18.6 Å². The number of hydrogen-bond donors (Lipinski definition) is 2. The van der Waals surface area contributed by atoms with Gasteiger partial charge < -0.3 is 10.1 Å². The fourth-order valence-corrected chi connectivity index (χ4v) is 2.25. The number of aromatic amines is 1. The van der Waals surface area contributed by atoms with E-state index in [2.05, 4.69) is 9.97 Å². The molecule has 3 aromatic rings. The topological polar surface area (TPSA) is 83.0 Å². The van der Waals surface area contributed by atoms with E-state index in [0.29, 0.717) is 0 Å². The number of nitrogens with one attached hydrogen (secondary N) is 1. The second kappa shape index (κ2) is 5.60. The number of hydrogen-bond acceptors (Lipinski definition) is 3. The van der Waals surface area contributed by atoms with Crippen LogP contribution < -0.4 is 5.56 Å². The molecule has 0 amide bonds. The van der Waals surface area contributed by atoms with Crippen molar-refractivity contribution in [2.75, 3.05) is 0 Å². The smallest absolute Gasteiger partial charge is 0.335 e. The molecule has 0 spiro atoms. The highest BCUT2D eigenvalue weighted by Gasteiger charge is 2.11. The molecule has 0 saturated carbocycles. The molecule has 23 heavy (non-hydrogen) atoms. The Kier molecular flexibility index (Phi) is 3.61. The molecule has 1 heterocycles. The van der Waals surface area contributed by atoms with E-state index in [4.69, 9.17) is 5.11 Å². The zero-order chi connectivity index (χ0) is 16.6. The van der Waals surface area contributed by atoms with Crippen molar-refractivity contribution in [1.29, 1.82) is 0 Å². The van der Waals surface area contributed by atoms with Crippen LogP contribution in [0.2, 0.25) is 0 Å². The van der Waals surface area contributed by atoms with Crippen molar-refractivity contribution in [2.45, 2.75) is 6.42 Å². The van der Waals surface area contributed by atoms with Gasteiger partial charge in [-0.05, 0) is 29.8 Å². The number of carboxylic acid groups (broad SMARTS) is 1. The maximum Gasteiger partial charge on any atom is 0.335 e. The number of H-pyrrole nitrogens is 1. The number of halogens is 2. The zero-order valence-electron chi connectivity index (χ0n) is 11.6. The Labute approximate surface area is 128 Å². The van der Waals surface area contributed by atoms with Crippen LogP contribution in [0.1, 0.15) is 21.7 Å². The third kappa shape index (κ3) is 2.94. The quantitative estimate of drug-likeness (QED) is 0.777. The molecule has 0 aliphatic heterocycles. The Morgan fingerprint density at radius 3 is 2.65 bits per heavy atom. The summed E-state index contributed by atoms with van der Waals surface area (Å²) in [5, 5.41) is 9.22. The Bertz CT molecular complexity index is 983. The van der Waals surface area contributed by atoms with Gasteiger partial charge in [0.05, 0.1) is 16.5 Å². The standard InChI is InChI=1S/C16H10F2N2O3/c17-10-3-1-8(12(18)7-10)6-14-19-13-5-9(16(22)23)2-4-11(13)15(21)20-14/h1-5,7H,6H2,(H,22,23)(H,19,20,21). The van der Waals surface area contributed by atoms with Crippen molar-refractivity contribution in [3.05, 3.63) is 75.3 Å². The molecule has 0 fully saturated rings. The summed E-state index contributed by atoms with van der Waals surface area (Å²) >= 11 is 0. The van der Waals surface area contributed by atoms with Crippen molar-refractivity contribution in [3.8, 4) is 0 Å². The number of aromatic carboxylic acids is 1. The first-order chi connectivity index (χ1) is 10.9. The summed E-state index contributed by atoms with van der Waals surface area (Å²) in [6, 6.07) is 7.07. The summed E-state index contributed by atoms with van der Waals surface area (Å²) in [4.78, 5) is 29.7. The lowest BCUT2D eigenvalue weighted by atomic mass is 10.1. The number of benzene rings is 2. The first kappa shape index (κ1) is 14.8. The SMILES string of the molecule is O=C(O)c1ccc2c(=O)[nH]c(Cc3ccc(F)cc3F)nc2c1. The summed E-state index contributed by atoms with van der Waals surface area (Å²) in [7, 11) is 0. The van der Waals surface area contributed by atoms with Gasteiger partial charge in [0.2, 0.25) is 0 Å². The van der Waals surface area contributed by atoms with E-state index in [9.17, 15) is 18.4 Å². The van der Waals surface area contributed by atoms with Gasteiger partial charge in [0.25, 0.3) is 5.56 Å². The summed E-state index contributed by atoms with van der Waals surface area (Å²) in [6.07, 6.45) is -0.0470. The van der Waals surface area contributed by atoms with Gasteiger partial charge in [-0.1, -0.05) is 6.07 Å². The van der Waals surface area contributed by atoms with Crippen LogP contribution in [0, 0.1) is 11.6 Å². The summed E-state index contributed by atoms with van der Waals surface area (Å²) in [6.45, 7) is 0. The van der Waals surface area contributed by atoms with Crippen LogP contribution in [0.5, 0.6) is 0 Å². The molecular formula is C16H10F2N2O3. The minimum absolute atomic E-state index is 0.00508. The van der Waals surface area contributed by atoms with Gasteiger partial charge in [-0.2, -0.15) is 0 Å². The molecule has 2 aromatic carbocycles. The van der Waals surface area contributed by atoms with Crippen molar-refractivity contribution < 1.29 is 18.7 Å². The summed E-state index contributed by atoms with van der Waals surface area (Å²) in [5.74, 6) is -2.42. The van der Waals surface area contributed by atoms with Crippen molar-refractivity contribution in [1.82, 2.24) is 9.97 Å². The first-order valence-electron chi connectivity index (χ1n) is 6.64. The van der Waals surface area contributed by atoms with E-state index >= 15 is 0 Å². The number of rotatable bonds is 3. The van der Waals surface area contributed by atoms with Gasteiger partial charge in [0.1, 0.15) is 17.5 Å². The van der Waals surface area contributed by atoms with Crippen LogP contribution in [0.4, 0.5) is 8.78 Å². The molecule has 1 aromatic heterocycles. The molecule has 2 N–H and O–H groups in total. The largest absolute Gasteiger partial charge is 0.478 e. The second-order valence-corrected chi connectivity index (χ2v) is 4.96. The Balaban J connectivity index is 2.07. The van der Waals surface area contributed by atoms with Gasteiger partial charge in [-0.15, -0.1) is 0 Å². The van der Waals surface area contributed by atoms with Crippen LogP contribution in [0.25, 0.3) is 10.9 Å². The highest BCUT2D eigenvalue weighted by atomic mass is 19.1. The molecule has 0 atom stereocenters. The Morgan fingerprint density at radius 2 is 1.96 bits per heavy atom. The van der Waals surface area contributed by atoms with Crippen LogP contribution in [-0.4, -0.2) is 21.0 Å². The maximum absolute atomic E-state index is 13.7. The number of carboxylic acids is 1. The van der Waals surface area contributed by atoms with E-state index < -0.39 is 23.2 Å². The predicted octanol–water partition coefficient (Wildman–Crippen LogP) is 2.49. The Morgan fingerprint density at radius 1 is 1.17 bits per heavy atom. The van der Waals surface area contributed by atoms with Crippen LogP contribution >= 0.6 is 0 Å². The monoisotopic (exact) mass is 316 g/mol. The molecule has 0 bridgehead atoms. The van der Waals surface area contributed by atoms with Gasteiger partial charge >= 0.3 is 5.97 Å². The van der Waals surface area contributed by atoms with E-state index in [1.165, 1.54) is 24.3 Å². The molecule has 0 aliphatic carbocycles. The molecule has 116 valence electrons. The second-order valence-electron chi connectivity index (χ2n) is 4.96. The number of carbonyl (C=O) groups is 1. The molecule has 0 unspecified atom stereocenters. The molecule has 7 heteroatoms. The van der Waals surface area contributed by atoms with E-state index in [-0.39, 0.29) is 34.3 Å². The van der Waals surface area contributed by atoms with Gasteiger partial charge in [-0.3, -0.25) is 4.79 Å². The number of aromatic nitrogens is 2. The summed E-state index contributed by atoms with van der Waals surface area (Å²) < 4.78 is 26.6. The van der Waals surface area contributed by atoms with Crippen LogP contribution in [0.3, 0.4) is 0 Å². The lowest BCUT2D eigenvalue weighted by molar-refractivity contribution is 0.0697. The van der Waals surface area contributed by atoms with Crippen molar-refractivity contribution >= 4 is 16.9 Å². The summed E-state index contributed by atoms with van der Waals surface area (Å²) in [5.41, 5.74) is -0.0894. The lowest BCUT2D eigenvalue weighted by Crippen LogP contribution is -2.13. The third-order valence-corrected chi connectivity index (χ3v) is 3.38. The molecule has 0 saturated heterocycles. The Hall–Kier alpha value is -3.09. The van der Waals surface area contributed by atoms with Gasteiger partial charge in [0.15, 0.2) is 0 Å². The van der Waals surface area contributed by atoms with Gasteiger partial charge in [0, 0.05) is 12.5 Å². The van der Waals surface area contributed by atoms with Crippen molar-refractivity contribution in [2.24, 2.45) is 0 Å². The van der Waals surface area contributed by atoms with Crippen LogP contribution in [-0.2, 0) is 6.42 Å². The molecular weight excluding hydrogens is 306 g/mol. The minimum Gasteiger partial charge on any atom is -0.478 e. The zero-order valence-corrected chi connectivity index (χ0v) is 11.6. The fourth-order valence-electron chi connectivity index (χ4n) is 2.25. The third-order valence-electron chi connectivity index (χ3n) is 3.38. The first-order valence-corrected chi connectivity index (χ1v) is 6.64. The number of fused-ring (bicyclic) bond motifs is 1.